The largest absolute Gasteiger partial charge is 0.402 e. The lowest BCUT2D eigenvalue weighted by atomic mass is 10.0. The summed E-state index contributed by atoms with van der Waals surface area (Å²) in [6, 6.07) is 3.62. The maximum atomic E-state index is 15.2. The molecule has 1 N–H and O–H groups in total. The normalized spacial score (nSPS) is 19.2. The molecule has 3 heterocycles. The Morgan fingerprint density at radius 3 is 2.66 bits per heavy atom. The standard InChI is InChI=1S/C22H15ClF4N4O4/c23-14-2-1-7-28-18(14)13(22(25,26)27)8-29-19(33)11-4-3-10-12(17(11)24)9-31(21(10)35)15-5-6-16(32)30-20(15)34/h1-4,7-8,13,15H,5-6,9H2,(H,30,32,34)/b29-8+. The molecule has 1 fully saturated rings. The quantitative estimate of drug-likeness (QED) is 0.386. The maximum absolute atomic E-state index is 15.2. The van der Waals surface area contributed by atoms with E-state index in [0.29, 0.717) is 6.21 Å². The molecule has 0 radical (unpaired) electrons. The zero-order valence-corrected chi connectivity index (χ0v) is 18.4. The van der Waals surface area contributed by atoms with E-state index in [4.69, 9.17) is 11.6 Å². The number of imide groups is 1. The Hall–Kier alpha value is -3.67. The van der Waals surface area contributed by atoms with E-state index in [-0.39, 0.29) is 35.5 Å². The number of aromatic nitrogens is 1. The van der Waals surface area contributed by atoms with Crippen LogP contribution in [-0.2, 0) is 16.1 Å². The van der Waals surface area contributed by atoms with Crippen molar-refractivity contribution in [1.82, 2.24) is 15.2 Å². The molecule has 0 saturated carbocycles. The Kier molecular flexibility index (Phi) is 6.41. The highest BCUT2D eigenvalue weighted by Crippen LogP contribution is 2.36. The van der Waals surface area contributed by atoms with Crippen molar-refractivity contribution in [2.45, 2.75) is 37.5 Å². The Morgan fingerprint density at radius 2 is 2.00 bits per heavy atom. The monoisotopic (exact) mass is 510 g/mol. The van der Waals surface area contributed by atoms with Gasteiger partial charge >= 0.3 is 6.18 Å². The summed E-state index contributed by atoms with van der Waals surface area (Å²) in [7, 11) is 0. The second-order valence-corrected chi connectivity index (χ2v) is 8.23. The van der Waals surface area contributed by atoms with Gasteiger partial charge in [0.2, 0.25) is 11.8 Å². The lowest BCUT2D eigenvalue weighted by Gasteiger charge is -2.29. The van der Waals surface area contributed by atoms with Crippen LogP contribution in [0.2, 0.25) is 5.02 Å². The van der Waals surface area contributed by atoms with Gasteiger partial charge in [-0.2, -0.15) is 13.2 Å². The third kappa shape index (κ3) is 4.65. The fourth-order valence-electron chi connectivity index (χ4n) is 3.92. The fourth-order valence-corrected chi connectivity index (χ4v) is 4.16. The number of hydrogen-bond acceptors (Lipinski definition) is 5. The van der Waals surface area contributed by atoms with Crippen LogP contribution >= 0.6 is 11.6 Å². The number of amides is 4. The van der Waals surface area contributed by atoms with Crippen molar-refractivity contribution in [3.8, 4) is 0 Å². The number of nitrogens with zero attached hydrogens (tertiary/aromatic N) is 3. The van der Waals surface area contributed by atoms with Gasteiger partial charge in [0.15, 0.2) is 0 Å². The van der Waals surface area contributed by atoms with Crippen LogP contribution in [0.5, 0.6) is 0 Å². The molecule has 0 bridgehead atoms. The number of benzene rings is 1. The number of pyridine rings is 1. The van der Waals surface area contributed by atoms with Crippen LogP contribution in [0.3, 0.4) is 0 Å². The summed E-state index contributed by atoms with van der Waals surface area (Å²) < 4.78 is 55.8. The first-order valence-electron chi connectivity index (χ1n) is 10.2. The molecule has 1 aromatic carbocycles. The van der Waals surface area contributed by atoms with Gasteiger partial charge in [0.1, 0.15) is 17.8 Å². The van der Waals surface area contributed by atoms with Gasteiger partial charge in [0.05, 0.1) is 22.8 Å². The average Bonchev–Trinajstić information content (AvgIpc) is 3.11. The number of carbonyl (C=O) groups is 4. The molecule has 0 spiro atoms. The summed E-state index contributed by atoms with van der Waals surface area (Å²) in [6.45, 7) is -0.355. The van der Waals surface area contributed by atoms with Crippen molar-refractivity contribution >= 4 is 41.4 Å². The smallest absolute Gasteiger partial charge is 0.322 e. The predicted octanol–water partition coefficient (Wildman–Crippen LogP) is 3.19. The Morgan fingerprint density at radius 1 is 1.26 bits per heavy atom. The fraction of sp³-hybridized carbons (Fsp3) is 0.273. The van der Waals surface area contributed by atoms with Crippen molar-refractivity contribution < 1.29 is 36.7 Å². The van der Waals surface area contributed by atoms with Gasteiger partial charge in [0, 0.05) is 30.0 Å². The molecule has 2 aliphatic heterocycles. The zero-order chi connectivity index (χ0) is 25.5. The number of aliphatic imine (C=N–C) groups is 1. The van der Waals surface area contributed by atoms with E-state index in [1.165, 1.54) is 12.1 Å². The molecule has 2 unspecified atom stereocenters. The Labute approximate surface area is 200 Å². The molecule has 1 aromatic heterocycles. The molecule has 182 valence electrons. The van der Waals surface area contributed by atoms with E-state index in [9.17, 15) is 32.3 Å². The number of piperidine rings is 1. The molecule has 4 amide bonds. The molecule has 35 heavy (non-hydrogen) atoms. The van der Waals surface area contributed by atoms with Gasteiger partial charge in [-0.1, -0.05) is 11.6 Å². The lowest BCUT2D eigenvalue weighted by Crippen LogP contribution is -2.52. The molecular formula is C22H15ClF4N4O4. The highest BCUT2D eigenvalue weighted by atomic mass is 35.5. The van der Waals surface area contributed by atoms with Crippen LogP contribution in [0, 0.1) is 5.82 Å². The van der Waals surface area contributed by atoms with E-state index in [1.54, 1.807) is 0 Å². The number of alkyl halides is 3. The Balaban J connectivity index is 1.60. The van der Waals surface area contributed by atoms with Gasteiger partial charge in [0.25, 0.3) is 11.8 Å². The first-order valence-corrected chi connectivity index (χ1v) is 10.6. The number of halogens is 5. The summed E-state index contributed by atoms with van der Waals surface area (Å²) >= 11 is 5.80. The molecule has 4 rings (SSSR count). The zero-order valence-electron chi connectivity index (χ0n) is 17.6. The summed E-state index contributed by atoms with van der Waals surface area (Å²) in [5.41, 5.74) is -1.51. The van der Waals surface area contributed by atoms with Crippen LogP contribution in [0.25, 0.3) is 0 Å². The van der Waals surface area contributed by atoms with E-state index >= 15 is 4.39 Å². The molecule has 0 aliphatic carbocycles. The van der Waals surface area contributed by atoms with Gasteiger partial charge < -0.3 is 4.90 Å². The lowest BCUT2D eigenvalue weighted by molar-refractivity contribution is -0.137. The van der Waals surface area contributed by atoms with Crippen molar-refractivity contribution in [2.24, 2.45) is 4.99 Å². The van der Waals surface area contributed by atoms with Gasteiger partial charge in [-0.25, -0.2) is 9.38 Å². The van der Waals surface area contributed by atoms with Crippen LogP contribution < -0.4 is 5.32 Å². The van der Waals surface area contributed by atoms with E-state index in [0.717, 1.165) is 23.2 Å². The van der Waals surface area contributed by atoms with Gasteiger partial charge in [-0.15, -0.1) is 0 Å². The summed E-state index contributed by atoms with van der Waals surface area (Å²) in [5.74, 6) is -6.71. The number of nitrogens with one attached hydrogen (secondary N) is 1. The molecule has 2 atom stereocenters. The van der Waals surface area contributed by atoms with Gasteiger partial charge in [-0.3, -0.25) is 29.5 Å². The third-order valence-corrected chi connectivity index (χ3v) is 5.97. The second kappa shape index (κ2) is 9.17. The minimum Gasteiger partial charge on any atom is -0.322 e. The van der Waals surface area contributed by atoms with Crippen molar-refractivity contribution in [3.05, 3.63) is 63.7 Å². The highest BCUT2D eigenvalue weighted by Gasteiger charge is 2.43. The average molecular weight is 511 g/mol. The second-order valence-electron chi connectivity index (χ2n) is 7.83. The molecule has 1 saturated heterocycles. The molecule has 13 heteroatoms. The minimum absolute atomic E-state index is 0.00186. The van der Waals surface area contributed by atoms with Crippen molar-refractivity contribution in [3.63, 3.8) is 0 Å². The maximum Gasteiger partial charge on any atom is 0.402 e. The summed E-state index contributed by atoms with van der Waals surface area (Å²) in [6.07, 6.45) is -3.44. The third-order valence-electron chi connectivity index (χ3n) is 5.65. The molecule has 2 aromatic rings. The van der Waals surface area contributed by atoms with Crippen molar-refractivity contribution in [2.75, 3.05) is 0 Å². The minimum atomic E-state index is -4.88. The number of fused-ring (bicyclic) bond motifs is 1. The SMILES string of the molecule is O=C1CCC(N2Cc3c(ccc(C(=O)/N=C/C(c4ncccc4Cl)C(F)(F)F)c3F)C2=O)C(=O)N1. The topological polar surface area (TPSA) is 109 Å². The van der Waals surface area contributed by atoms with Crippen LogP contribution in [-0.4, -0.2) is 51.9 Å². The van der Waals surface area contributed by atoms with Gasteiger partial charge in [-0.05, 0) is 30.7 Å². The number of carbonyl (C=O) groups excluding carboxylic acids is 4. The van der Waals surface area contributed by atoms with Crippen molar-refractivity contribution in [1.29, 1.82) is 0 Å². The van der Waals surface area contributed by atoms with Crippen LogP contribution in [0.15, 0.2) is 35.5 Å². The van der Waals surface area contributed by atoms with E-state index in [2.05, 4.69) is 15.3 Å². The van der Waals surface area contributed by atoms with Crippen LogP contribution in [0.4, 0.5) is 17.6 Å². The summed E-state index contributed by atoms with van der Waals surface area (Å²) in [5, 5.41) is 1.82. The first kappa shape index (κ1) is 24.5. The predicted molar refractivity (Wildman–Crippen MR) is 113 cm³/mol. The van der Waals surface area contributed by atoms with E-state index in [1.807, 2.05) is 0 Å². The summed E-state index contributed by atoms with van der Waals surface area (Å²) in [4.78, 5) is 56.7. The molecule has 2 aliphatic rings. The number of hydrogen-bond donors (Lipinski definition) is 1. The number of rotatable bonds is 4. The van der Waals surface area contributed by atoms with E-state index < -0.39 is 58.8 Å². The molecule has 8 nitrogen and oxygen atoms in total. The van der Waals surface area contributed by atoms with Crippen LogP contribution in [0.1, 0.15) is 50.7 Å². The molecular weight excluding hydrogens is 496 g/mol. The highest BCUT2D eigenvalue weighted by molar-refractivity contribution is 6.31. The Bertz CT molecular complexity index is 1280. The first-order chi connectivity index (χ1) is 16.5.